The van der Waals surface area contributed by atoms with E-state index in [4.69, 9.17) is 10.5 Å². The van der Waals surface area contributed by atoms with Gasteiger partial charge in [0.25, 0.3) is 5.56 Å². The van der Waals surface area contributed by atoms with Gasteiger partial charge in [0.15, 0.2) is 11.6 Å². The number of aryl methyl sites for hydroxylation is 1. The number of nitrogens with one attached hydrogen (secondary N) is 1. The summed E-state index contributed by atoms with van der Waals surface area (Å²) in [5.74, 6) is -0.193. The van der Waals surface area contributed by atoms with E-state index in [1.54, 1.807) is 12.3 Å². The molecule has 5 heteroatoms. The molecule has 3 N–H and O–H groups in total. The van der Waals surface area contributed by atoms with Gasteiger partial charge in [-0.25, -0.2) is 4.39 Å². The number of fused-ring (bicyclic) bond motifs is 1. The van der Waals surface area contributed by atoms with Crippen molar-refractivity contribution in [3.05, 3.63) is 40.1 Å². The van der Waals surface area contributed by atoms with Crippen molar-refractivity contribution in [2.24, 2.45) is 11.1 Å². The largest absolute Gasteiger partial charge is 0.487 e. The number of halogens is 1. The molecule has 1 aliphatic rings. The fourth-order valence-electron chi connectivity index (χ4n) is 4.47. The molecule has 1 aromatic carbocycles. The van der Waals surface area contributed by atoms with Crippen LogP contribution in [0.25, 0.3) is 10.8 Å². The number of ether oxygens (including phenoxy) is 1. The summed E-state index contributed by atoms with van der Waals surface area (Å²) in [6.45, 7) is 6.16. The highest BCUT2D eigenvalue weighted by atomic mass is 19.1. The highest BCUT2D eigenvalue weighted by molar-refractivity contribution is 5.86. The number of nitrogens with two attached hydrogens (primary N) is 1. The zero-order valence-corrected chi connectivity index (χ0v) is 15.9. The molecular weight excluding hydrogens is 331 g/mol. The minimum Gasteiger partial charge on any atom is -0.487 e. The van der Waals surface area contributed by atoms with Crippen LogP contribution in [0.1, 0.15) is 57.9 Å². The maximum Gasteiger partial charge on any atom is 0.255 e. The number of rotatable bonds is 5. The molecule has 3 rings (SSSR count). The van der Waals surface area contributed by atoms with E-state index >= 15 is 0 Å². The smallest absolute Gasteiger partial charge is 0.255 e. The van der Waals surface area contributed by atoms with E-state index in [1.165, 1.54) is 6.07 Å². The van der Waals surface area contributed by atoms with Gasteiger partial charge in [0.05, 0.1) is 11.5 Å². The second kappa shape index (κ2) is 7.39. The first kappa shape index (κ1) is 18.9. The molecule has 4 nitrogen and oxygen atoms in total. The highest BCUT2D eigenvalue weighted by Crippen LogP contribution is 2.44. The Balaban J connectivity index is 1.82. The molecule has 0 bridgehead atoms. The summed E-state index contributed by atoms with van der Waals surface area (Å²) in [6.07, 6.45) is 7.41. The summed E-state index contributed by atoms with van der Waals surface area (Å²) in [5, 5.41) is 1.09. The molecular formula is C21H29FN2O2. The topological polar surface area (TPSA) is 68.1 Å². The summed E-state index contributed by atoms with van der Waals surface area (Å²) in [7, 11) is 0. The molecule has 1 saturated carbocycles. The molecule has 1 aliphatic carbocycles. The third-order valence-corrected chi connectivity index (χ3v) is 6.38. The van der Waals surface area contributed by atoms with Gasteiger partial charge in [0, 0.05) is 17.8 Å². The lowest BCUT2D eigenvalue weighted by Crippen LogP contribution is -2.45. The number of pyridine rings is 1. The Labute approximate surface area is 153 Å². The molecule has 142 valence electrons. The lowest BCUT2D eigenvalue weighted by molar-refractivity contribution is 0.0545. The van der Waals surface area contributed by atoms with Crippen LogP contribution in [0.4, 0.5) is 4.39 Å². The predicted molar refractivity (Wildman–Crippen MR) is 103 cm³/mol. The molecule has 1 aromatic heterocycles. The zero-order chi connectivity index (χ0) is 18.9. The van der Waals surface area contributed by atoms with Crippen LogP contribution in [-0.2, 0) is 0 Å². The van der Waals surface area contributed by atoms with Gasteiger partial charge in [-0.15, -0.1) is 0 Å². The molecule has 1 heterocycles. The van der Waals surface area contributed by atoms with E-state index in [-0.39, 0.29) is 28.9 Å². The average Bonchev–Trinajstić information content (AvgIpc) is 2.66. The van der Waals surface area contributed by atoms with E-state index in [1.807, 2.05) is 6.92 Å². The van der Waals surface area contributed by atoms with Gasteiger partial charge in [-0.1, -0.05) is 13.8 Å². The molecule has 1 atom stereocenters. The summed E-state index contributed by atoms with van der Waals surface area (Å²) in [5.41, 5.74) is 6.96. The Kier molecular flexibility index (Phi) is 5.37. The Morgan fingerprint density at radius 2 is 2.04 bits per heavy atom. The van der Waals surface area contributed by atoms with Crippen LogP contribution in [-0.4, -0.2) is 17.1 Å². The summed E-state index contributed by atoms with van der Waals surface area (Å²) in [6, 6.07) is 3.28. The van der Waals surface area contributed by atoms with E-state index < -0.39 is 5.82 Å². The van der Waals surface area contributed by atoms with Gasteiger partial charge in [-0.05, 0) is 68.4 Å². The van der Waals surface area contributed by atoms with Crippen LogP contribution in [0.3, 0.4) is 0 Å². The van der Waals surface area contributed by atoms with Crippen molar-refractivity contribution in [1.82, 2.24) is 4.98 Å². The van der Waals surface area contributed by atoms with Gasteiger partial charge < -0.3 is 15.5 Å². The number of benzene rings is 1. The maximum absolute atomic E-state index is 14.6. The molecule has 0 aliphatic heterocycles. The average molecular weight is 360 g/mol. The number of aromatic nitrogens is 1. The van der Waals surface area contributed by atoms with E-state index in [0.29, 0.717) is 10.9 Å². The first-order chi connectivity index (χ1) is 12.4. The highest BCUT2D eigenvalue weighted by Gasteiger charge is 2.38. The zero-order valence-electron chi connectivity index (χ0n) is 15.9. The third kappa shape index (κ3) is 3.25. The minimum absolute atomic E-state index is 0.00798. The molecule has 0 radical (unpaired) electrons. The number of H-pyrrole nitrogens is 1. The second-order valence-electron chi connectivity index (χ2n) is 7.63. The van der Waals surface area contributed by atoms with Crippen LogP contribution >= 0.6 is 0 Å². The van der Waals surface area contributed by atoms with Crippen molar-refractivity contribution >= 4 is 10.8 Å². The molecule has 0 amide bonds. The van der Waals surface area contributed by atoms with Crippen LogP contribution in [0.15, 0.2) is 23.1 Å². The van der Waals surface area contributed by atoms with Gasteiger partial charge >= 0.3 is 0 Å². The molecule has 2 aromatic rings. The normalized spacial score (nSPS) is 24.6. The van der Waals surface area contributed by atoms with Crippen molar-refractivity contribution in [2.75, 3.05) is 0 Å². The Morgan fingerprint density at radius 1 is 1.35 bits per heavy atom. The monoisotopic (exact) mass is 360 g/mol. The molecule has 0 spiro atoms. The summed E-state index contributed by atoms with van der Waals surface area (Å²) in [4.78, 5) is 14.5. The van der Waals surface area contributed by atoms with Crippen LogP contribution < -0.4 is 16.0 Å². The SMILES string of the molecule is CCC(N)C1(CC)CCC(Oc2c(F)cc3c(=O)[nH]ccc3c2C)CC1. The number of aromatic amines is 1. The first-order valence-electron chi connectivity index (χ1n) is 9.64. The third-order valence-electron chi connectivity index (χ3n) is 6.38. The van der Waals surface area contributed by atoms with Gasteiger partial charge in [0.2, 0.25) is 0 Å². The van der Waals surface area contributed by atoms with Crippen molar-refractivity contribution < 1.29 is 9.13 Å². The van der Waals surface area contributed by atoms with Gasteiger partial charge in [-0.2, -0.15) is 0 Å². The van der Waals surface area contributed by atoms with Crippen LogP contribution in [0, 0.1) is 18.2 Å². The van der Waals surface area contributed by atoms with E-state index in [2.05, 4.69) is 18.8 Å². The quantitative estimate of drug-likeness (QED) is 0.829. The lowest BCUT2D eigenvalue weighted by Gasteiger charge is -2.43. The number of hydrogen-bond donors (Lipinski definition) is 2. The Hall–Kier alpha value is -1.88. The van der Waals surface area contributed by atoms with E-state index in [0.717, 1.165) is 43.9 Å². The van der Waals surface area contributed by atoms with Crippen LogP contribution in [0.5, 0.6) is 5.75 Å². The fourth-order valence-corrected chi connectivity index (χ4v) is 4.47. The minimum atomic E-state index is -0.468. The van der Waals surface area contributed by atoms with Gasteiger partial charge in [-0.3, -0.25) is 4.79 Å². The summed E-state index contributed by atoms with van der Waals surface area (Å²) >= 11 is 0. The lowest BCUT2D eigenvalue weighted by atomic mass is 9.66. The fraction of sp³-hybridized carbons (Fsp3) is 0.571. The standard InChI is InChI=1S/C21H29FN2O2/c1-4-18(23)21(5-2)9-6-14(7-10-21)26-19-13(3)15-8-11-24-20(25)16(15)12-17(19)22/h8,11-12,14,18H,4-7,9-10,23H2,1-3H3,(H,24,25). The second-order valence-corrected chi connectivity index (χ2v) is 7.63. The first-order valence-corrected chi connectivity index (χ1v) is 9.64. The van der Waals surface area contributed by atoms with Crippen molar-refractivity contribution in [3.63, 3.8) is 0 Å². The maximum atomic E-state index is 14.6. The number of hydrogen-bond acceptors (Lipinski definition) is 3. The Bertz CT molecular complexity index is 838. The van der Waals surface area contributed by atoms with Gasteiger partial charge in [0.1, 0.15) is 0 Å². The van der Waals surface area contributed by atoms with Crippen molar-refractivity contribution in [3.8, 4) is 5.75 Å². The molecule has 26 heavy (non-hydrogen) atoms. The predicted octanol–water partition coefficient (Wildman–Crippen LogP) is 4.43. The molecule has 0 saturated heterocycles. The molecule has 1 fully saturated rings. The molecule has 1 unspecified atom stereocenters. The summed E-state index contributed by atoms with van der Waals surface area (Å²) < 4.78 is 20.7. The Morgan fingerprint density at radius 3 is 2.65 bits per heavy atom. The van der Waals surface area contributed by atoms with E-state index in [9.17, 15) is 9.18 Å². The van der Waals surface area contributed by atoms with Crippen LogP contribution in [0.2, 0.25) is 0 Å². The van der Waals surface area contributed by atoms with Crippen molar-refractivity contribution in [1.29, 1.82) is 0 Å². The van der Waals surface area contributed by atoms with Crippen molar-refractivity contribution in [2.45, 2.75) is 71.4 Å².